The molecule has 0 saturated heterocycles. The topological polar surface area (TPSA) is 54.2 Å². The Balaban J connectivity index is 0.909. The molecule has 0 N–H and O–H groups in total. The number of para-hydroxylation sites is 8. The second-order valence-electron chi connectivity index (χ2n) is 20.7. The van der Waals surface area contributed by atoms with Crippen molar-refractivity contribution < 1.29 is 13.3 Å². The zero-order chi connectivity index (χ0) is 50.7. The molecular weight excluding hydrogens is 955 g/mol. The molecule has 0 saturated carbocycles. The third-order valence-corrected chi connectivity index (χ3v) is 16.6. The Bertz CT molecular complexity index is 5540. The molecule has 12 aromatic carbocycles. The molecule has 0 aliphatic carbocycles. The van der Waals surface area contributed by atoms with Crippen molar-refractivity contribution in [3.8, 4) is 39.3 Å². The monoisotopic (exact) mass is 995 g/mol. The first-order chi connectivity index (χ1) is 38.7. The largest absolute Gasteiger partial charge is 0.455 e. The number of furan rings is 3. The zero-order valence-corrected chi connectivity index (χ0v) is 41.7. The number of fused-ring (bicyclic) bond motifs is 18. The van der Waals surface area contributed by atoms with E-state index in [0.29, 0.717) is 0 Å². The fourth-order valence-electron chi connectivity index (χ4n) is 13.2. The van der Waals surface area contributed by atoms with Gasteiger partial charge in [-0.3, -0.25) is 0 Å². The van der Waals surface area contributed by atoms with Crippen molar-refractivity contribution in [2.24, 2.45) is 0 Å². The summed E-state index contributed by atoms with van der Waals surface area (Å²) in [6.07, 6.45) is 0. The highest BCUT2D eigenvalue weighted by molar-refractivity contribution is 6.18. The van der Waals surface area contributed by atoms with Crippen molar-refractivity contribution in [1.29, 1.82) is 0 Å². The van der Waals surface area contributed by atoms with Crippen LogP contribution in [0.5, 0.6) is 0 Å². The van der Waals surface area contributed by atoms with Gasteiger partial charge in [0.2, 0.25) is 0 Å². The fourth-order valence-corrected chi connectivity index (χ4v) is 13.2. The molecule has 18 aromatic rings. The van der Waals surface area contributed by atoms with Gasteiger partial charge in [0, 0.05) is 87.1 Å². The third-order valence-electron chi connectivity index (χ3n) is 16.6. The lowest BCUT2D eigenvalue weighted by Crippen LogP contribution is -1.99. The summed E-state index contributed by atoms with van der Waals surface area (Å²) in [5.41, 5.74) is 19.3. The van der Waals surface area contributed by atoms with Gasteiger partial charge in [-0.15, -0.1) is 0 Å². The van der Waals surface area contributed by atoms with Gasteiger partial charge in [-0.1, -0.05) is 158 Å². The minimum Gasteiger partial charge on any atom is -0.455 e. The highest BCUT2D eigenvalue weighted by Crippen LogP contribution is 2.46. The molecule has 0 unspecified atom stereocenters. The molecule has 0 amide bonds. The molecule has 0 aliphatic heterocycles. The van der Waals surface area contributed by atoms with E-state index in [1.54, 1.807) is 0 Å². The lowest BCUT2D eigenvalue weighted by Gasteiger charge is -2.14. The van der Waals surface area contributed by atoms with Crippen molar-refractivity contribution in [2.75, 3.05) is 0 Å². The van der Waals surface area contributed by atoms with Crippen LogP contribution in [-0.2, 0) is 0 Å². The van der Waals surface area contributed by atoms with Gasteiger partial charge in [-0.05, 0) is 102 Å². The molecule has 0 atom stereocenters. The van der Waals surface area contributed by atoms with E-state index in [1.807, 2.05) is 12.1 Å². The molecular formula is C72H41N3O3. The van der Waals surface area contributed by atoms with Gasteiger partial charge >= 0.3 is 0 Å². The number of hydrogen-bond acceptors (Lipinski definition) is 3. The lowest BCUT2D eigenvalue weighted by molar-refractivity contribution is 0.666. The van der Waals surface area contributed by atoms with Crippen molar-refractivity contribution in [3.05, 3.63) is 249 Å². The second-order valence-corrected chi connectivity index (χ2v) is 20.7. The van der Waals surface area contributed by atoms with Crippen molar-refractivity contribution in [3.63, 3.8) is 0 Å². The molecule has 6 heteroatoms. The first-order valence-corrected chi connectivity index (χ1v) is 26.6. The summed E-state index contributed by atoms with van der Waals surface area (Å²) in [4.78, 5) is 0. The summed E-state index contributed by atoms with van der Waals surface area (Å²) < 4.78 is 27.7. The average molecular weight is 996 g/mol. The number of aromatic nitrogens is 3. The van der Waals surface area contributed by atoms with Gasteiger partial charge in [0.25, 0.3) is 0 Å². The van der Waals surface area contributed by atoms with E-state index in [9.17, 15) is 0 Å². The molecule has 0 spiro atoms. The predicted molar refractivity (Wildman–Crippen MR) is 322 cm³/mol. The maximum absolute atomic E-state index is 7.23. The van der Waals surface area contributed by atoms with Crippen LogP contribution in [0.15, 0.2) is 262 Å². The highest BCUT2D eigenvalue weighted by Gasteiger charge is 2.24. The maximum atomic E-state index is 7.23. The van der Waals surface area contributed by atoms with Crippen molar-refractivity contribution in [1.82, 2.24) is 13.7 Å². The molecule has 6 heterocycles. The van der Waals surface area contributed by atoms with Crippen LogP contribution in [0.3, 0.4) is 0 Å². The first-order valence-electron chi connectivity index (χ1n) is 26.6. The Morgan fingerprint density at radius 2 is 0.615 bits per heavy atom. The van der Waals surface area contributed by atoms with E-state index in [1.165, 1.54) is 16.2 Å². The van der Waals surface area contributed by atoms with E-state index in [0.717, 1.165) is 154 Å². The van der Waals surface area contributed by atoms with Gasteiger partial charge < -0.3 is 27.0 Å². The third kappa shape index (κ3) is 5.69. The van der Waals surface area contributed by atoms with Gasteiger partial charge in [-0.2, -0.15) is 0 Å². The summed E-state index contributed by atoms with van der Waals surface area (Å²) in [5, 5.41) is 13.6. The molecule has 6 aromatic heterocycles. The van der Waals surface area contributed by atoms with Crippen LogP contribution >= 0.6 is 0 Å². The van der Waals surface area contributed by atoms with Crippen molar-refractivity contribution >= 4 is 131 Å². The smallest absolute Gasteiger partial charge is 0.159 e. The molecule has 78 heavy (non-hydrogen) atoms. The minimum atomic E-state index is 0.814. The van der Waals surface area contributed by atoms with E-state index < -0.39 is 0 Å². The normalized spacial score (nSPS) is 12.4. The SMILES string of the molecule is c1ccc2c(c1)oc1c(-c3ccc4c(c3)c3ccccc3n4-c3cc(-n4c5ccccc5c5cc(-c6cccc7c6oc6ccccc67)ccc54)c4oc5ccc(-n6c7ccccc7c7ccccc76)cc5c4c3)cccc12. The van der Waals surface area contributed by atoms with Gasteiger partial charge in [0.1, 0.15) is 27.9 Å². The predicted octanol–water partition coefficient (Wildman–Crippen LogP) is 20.0. The molecule has 6 nitrogen and oxygen atoms in total. The molecule has 18 rings (SSSR count). The number of benzene rings is 12. The average Bonchev–Trinajstić information content (AvgIpc) is 4.51. The number of rotatable bonds is 5. The first kappa shape index (κ1) is 41.8. The summed E-state index contributed by atoms with van der Waals surface area (Å²) >= 11 is 0. The Morgan fingerprint density at radius 3 is 1.17 bits per heavy atom. The Labute approximate surface area is 444 Å². The minimum absolute atomic E-state index is 0.814. The summed E-state index contributed by atoms with van der Waals surface area (Å²) in [5.74, 6) is 0. The summed E-state index contributed by atoms with van der Waals surface area (Å²) in [6, 6.07) is 89.6. The fraction of sp³-hybridized carbons (Fsp3) is 0. The zero-order valence-electron chi connectivity index (χ0n) is 41.7. The van der Waals surface area contributed by atoms with Crippen LogP contribution in [0.2, 0.25) is 0 Å². The van der Waals surface area contributed by atoms with Crippen LogP contribution in [0, 0.1) is 0 Å². The van der Waals surface area contributed by atoms with Gasteiger partial charge in [-0.25, -0.2) is 0 Å². The van der Waals surface area contributed by atoms with Crippen LogP contribution < -0.4 is 0 Å². The molecule has 0 fully saturated rings. The highest BCUT2D eigenvalue weighted by atomic mass is 16.3. The maximum Gasteiger partial charge on any atom is 0.159 e. The second kappa shape index (κ2) is 15.5. The van der Waals surface area contributed by atoms with Crippen LogP contribution in [0.25, 0.3) is 171 Å². The summed E-state index contributed by atoms with van der Waals surface area (Å²) in [7, 11) is 0. The van der Waals surface area contributed by atoms with Gasteiger partial charge in [0.15, 0.2) is 5.58 Å². The molecule has 362 valence electrons. The summed E-state index contributed by atoms with van der Waals surface area (Å²) in [6.45, 7) is 0. The Morgan fingerprint density at radius 1 is 0.218 bits per heavy atom. The Hall–Kier alpha value is -10.6. The van der Waals surface area contributed by atoms with Crippen LogP contribution in [0.1, 0.15) is 0 Å². The Kier molecular flexibility index (Phi) is 8.30. The van der Waals surface area contributed by atoms with E-state index >= 15 is 0 Å². The number of nitrogens with zero attached hydrogens (tertiary/aromatic N) is 3. The van der Waals surface area contributed by atoms with E-state index in [-0.39, 0.29) is 0 Å². The standard InChI is InChI=1S/C72H41N3O3/c1-7-25-60-48(15-1)49-16-2-8-26-61(49)73(60)44-33-36-69-58(39-44)59-40-45(74-62-27-9-3-17-50(62)56-37-42(31-34-64(56)74)46-21-13-23-54-52-19-5-11-29-67(52)76-70(46)54)41-66(72(59)78-69)75-63-28-10-4-18-51(63)57-38-43(32-35-65(57)75)47-22-14-24-55-53-20-6-12-30-68(53)77-71(47)55/h1-41H. The van der Waals surface area contributed by atoms with Gasteiger partial charge in [0.05, 0.1) is 38.8 Å². The molecule has 0 aliphatic rings. The quantitative estimate of drug-likeness (QED) is 0.173. The number of hydrogen-bond donors (Lipinski definition) is 0. The molecule has 0 radical (unpaired) electrons. The van der Waals surface area contributed by atoms with Crippen LogP contribution in [0.4, 0.5) is 0 Å². The molecule has 0 bridgehead atoms. The van der Waals surface area contributed by atoms with E-state index in [4.69, 9.17) is 13.3 Å². The van der Waals surface area contributed by atoms with E-state index in [2.05, 4.69) is 250 Å². The van der Waals surface area contributed by atoms with Crippen LogP contribution in [-0.4, -0.2) is 13.7 Å². The lowest BCUT2D eigenvalue weighted by atomic mass is 10.0. The van der Waals surface area contributed by atoms with Crippen molar-refractivity contribution in [2.45, 2.75) is 0 Å².